The monoisotopic (exact) mass is 258 g/mol. The Morgan fingerprint density at radius 2 is 2.00 bits per heavy atom. The molecule has 0 fully saturated rings. The Hall–Kier alpha value is -1.61. The lowest BCUT2D eigenvalue weighted by Gasteiger charge is -2.13. The summed E-state index contributed by atoms with van der Waals surface area (Å²) in [5.41, 5.74) is 3.96. The van der Waals surface area contributed by atoms with Crippen LogP contribution in [0.1, 0.15) is 42.5 Å². The van der Waals surface area contributed by atoms with E-state index in [9.17, 15) is 5.11 Å². The van der Waals surface area contributed by atoms with Crippen molar-refractivity contribution in [3.8, 4) is 0 Å². The second kappa shape index (κ2) is 5.57. The van der Waals surface area contributed by atoms with E-state index in [1.807, 2.05) is 32.2 Å². The molecule has 0 amide bonds. The van der Waals surface area contributed by atoms with Crippen molar-refractivity contribution in [3.63, 3.8) is 0 Å². The van der Waals surface area contributed by atoms with E-state index in [2.05, 4.69) is 31.1 Å². The molecule has 0 aliphatic carbocycles. The number of rotatable bonds is 4. The average molecular weight is 258 g/mol. The molecule has 1 unspecified atom stereocenters. The highest BCUT2D eigenvalue weighted by atomic mass is 16.3. The van der Waals surface area contributed by atoms with Gasteiger partial charge in [-0.1, -0.05) is 38.1 Å². The summed E-state index contributed by atoms with van der Waals surface area (Å²) in [6, 6.07) is 10.1. The Bertz CT molecular complexity index is 558. The van der Waals surface area contributed by atoms with Gasteiger partial charge in [0.1, 0.15) is 6.10 Å². The van der Waals surface area contributed by atoms with Gasteiger partial charge in [0.2, 0.25) is 0 Å². The Kier molecular flexibility index (Phi) is 4.05. The van der Waals surface area contributed by atoms with E-state index >= 15 is 0 Å². The van der Waals surface area contributed by atoms with E-state index in [1.54, 1.807) is 4.68 Å². The first-order valence-corrected chi connectivity index (χ1v) is 6.75. The lowest BCUT2D eigenvalue weighted by molar-refractivity contribution is 0.209. The van der Waals surface area contributed by atoms with Crippen molar-refractivity contribution in [2.24, 2.45) is 13.0 Å². The molecule has 1 aromatic heterocycles. The summed E-state index contributed by atoms with van der Waals surface area (Å²) in [5, 5.41) is 14.8. The third kappa shape index (κ3) is 3.24. The first-order chi connectivity index (χ1) is 8.97. The number of aliphatic hydroxyl groups is 1. The molecule has 1 atom stereocenters. The summed E-state index contributed by atoms with van der Waals surface area (Å²) < 4.78 is 1.75. The van der Waals surface area contributed by atoms with Crippen LogP contribution < -0.4 is 0 Å². The van der Waals surface area contributed by atoms with Crippen molar-refractivity contribution in [2.45, 2.75) is 33.3 Å². The number of aliphatic hydroxyl groups excluding tert-OH is 1. The van der Waals surface area contributed by atoms with E-state index in [0.29, 0.717) is 5.92 Å². The molecule has 3 heteroatoms. The molecule has 1 N–H and O–H groups in total. The van der Waals surface area contributed by atoms with E-state index < -0.39 is 6.10 Å². The first kappa shape index (κ1) is 13.8. The minimum Gasteiger partial charge on any atom is -0.382 e. The van der Waals surface area contributed by atoms with Gasteiger partial charge in [-0.2, -0.15) is 5.10 Å². The van der Waals surface area contributed by atoms with Crippen LogP contribution in [0.5, 0.6) is 0 Å². The van der Waals surface area contributed by atoms with Gasteiger partial charge in [-0.15, -0.1) is 0 Å². The molecule has 102 valence electrons. The highest BCUT2D eigenvalue weighted by Crippen LogP contribution is 2.23. The predicted molar refractivity (Wildman–Crippen MR) is 77.0 cm³/mol. The van der Waals surface area contributed by atoms with E-state index in [0.717, 1.165) is 23.4 Å². The van der Waals surface area contributed by atoms with Gasteiger partial charge in [0.25, 0.3) is 0 Å². The van der Waals surface area contributed by atoms with Gasteiger partial charge in [-0.05, 0) is 36.5 Å². The van der Waals surface area contributed by atoms with Crippen molar-refractivity contribution in [1.82, 2.24) is 9.78 Å². The van der Waals surface area contributed by atoms with Crippen LogP contribution in [0.2, 0.25) is 0 Å². The largest absolute Gasteiger partial charge is 0.382 e. The summed E-state index contributed by atoms with van der Waals surface area (Å²) in [4.78, 5) is 0. The van der Waals surface area contributed by atoms with Crippen molar-refractivity contribution in [3.05, 3.63) is 52.8 Å². The molecule has 0 aliphatic heterocycles. The van der Waals surface area contributed by atoms with Crippen LogP contribution in [-0.4, -0.2) is 14.9 Å². The van der Waals surface area contributed by atoms with E-state index in [-0.39, 0.29) is 0 Å². The van der Waals surface area contributed by atoms with Gasteiger partial charge < -0.3 is 5.11 Å². The van der Waals surface area contributed by atoms with Gasteiger partial charge in [0, 0.05) is 7.05 Å². The molecule has 0 aliphatic rings. The fourth-order valence-corrected chi connectivity index (χ4v) is 2.42. The average Bonchev–Trinajstić information content (AvgIpc) is 2.67. The van der Waals surface area contributed by atoms with Crippen molar-refractivity contribution in [1.29, 1.82) is 0 Å². The zero-order chi connectivity index (χ0) is 14.0. The summed E-state index contributed by atoms with van der Waals surface area (Å²) in [7, 11) is 1.86. The van der Waals surface area contributed by atoms with E-state index in [4.69, 9.17) is 0 Å². The number of aryl methyl sites for hydroxylation is 2. The molecule has 2 rings (SSSR count). The number of aromatic nitrogens is 2. The maximum Gasteiger partial charge on any atom is 0.121 e. The Morgan fingerprint density at radius 1 is 1.26 bits per heavy atom. The van der Waals surface area contributed by atoms with Crippen LogP contribution >= 0.6 is 0 Å². The fraction of sp³-hybridized carbons (Fsp3) is 0.438. The molecule has 0 bridgehead atoms. The van der Waals surface area contributed by atoms with Gasteiger partial charge >= 0.3 is 0 Å². The molecule has 0 saturated heterocycles. The lowest BCUT2D eigenvalue weighted by Crippen LogP contribution is -2.07. The molecular weight excluding hydrogens is 236 g/mol. The van der Waals surface area contributed by atoms with Crippen LogP contribution in [-0.2, 0) is 13.5 Å². The van der Waals surface area contributed by atoms with Crippen LogP contribution in [0.4, 0.5) is 0 Å². The highest BCUT2D eigenvalue weighted by molar-refractivity contribution is 5.30. The second-order valence-electron chi connectivity index (χ2n) is 5.58. The maximum atomic E-state index is 10.5. The standard InChI is InChI=1S/C16H22N2O/c1-11(2)8-13-6-5-7-14(10-13)16(19)15-9-12(3)17-18(15)4/h5-7,9-11,16,19H,8H2,1-4H3. The van der Waals surface area contributed by atoms with Gasteiger partial charge in [0.15, 0.2) is 0 Å². The smallest absolute Gasteiger partial charge is 0.121 e. The third-order valence-electron chi connectivity index (χ3n) is 3.23. The van der Waals surface area contributed by atoms with Gasteiger partial charge in [0.05, 0.1) is 11.4 Å². The summed E-state index contributed by atoms with van der Waals surface area (Å²) >= 11 is 0. The molecule has 3 nitrogen and oxygen atoms in total. The molecule has 19 heavy (non-hydrogen) atoms. The summed E-state index contributed by atoms with van der Waals surface area (Å²) in [6.07, 6.45) is 0.420. The highest BCUT2D eigenvalue weighted by Gasteiger charge is 2.15. The Morgan fingerprint density at radius 3 is 2.58 bits per heavy atom. The topological polar surface area (TPSA) is 38.0 Å². The molecule has 0 saturated carbocycles. The molecule has 1 heterocycles. The number of hydrogen-bond donors (Lipinski definition) is 1. The van der Waals surface area contributed by atoms with Crippen molar-refractivity contribution in [2.75, 3.05) is 0 Å². The van der Waals surface area contributed by atoms with Gasteiger partial charge in [-0.3, -0.25) is 4.68 Å². The number of hydrogen-bond acceptors (Lipinski definition) is 2. The zero-order valence-electron chi connectivity index (χ0n) is 12.1. The Balaban J connectivity index is 2.28. The van der Waals surface area contributed by atoms with Crippen LogP contribution in [0.25, 0.3) is 0 Å². The zero-order valence-corrected chi connectivity index (χ0v) is 12.1. The minimum absolute atomic E-state index is 0.613. The normalized spacial score (nSPS) is 12.9. The maximum absolute atomic E-state index is 10.5. The molecular formula is C16H22N2O. The van der Waals surface area contributed by atoms with Crippen LogP contribution in [0, 0.1) is 12.8 Å². The third-order valence-corrected chi connectivity index (χ3v) is 3.23. The van der Waals surface area contributed by atoms with Crippen molar-refractivity contribution < 1.29 is 5.11 Å². The van der Waals surface area contributed by atoms with Crippen LogP contribution in [0.3, 0.4) is 0 Å². The molecule has 0 spiro atoms. The number of nitrogens with zero attached hydrogens (tertiary/aromatic N) is 2. The summed E-state index contributed by atoms with van der Waals surface area (Å²) in [6.45, 7) is 6.34. The van der Waals surface area contributed by atoms with Crippen LogP contribution in [0.15, 0.2) is 30.3 Å². The summed E-state index contributed by atoms with van der Waals surface area (Å²) in [5.74, 6) is 0.617. The van der Waals surface area contributed by atoms with Crippen molar-refractivity contribution >= 4 is 0 Å². The SMILES string of the molecule is Cc1cc(C(O)c2cccc(CC(C)C)c2)n(C)n1. The lowest BCUT2D eigenvalue weighted by atomic mass is 9.98. The van der Waals surface area contributed by atoms with E-state index in [1.165, 1.54) is 5.56 Å². The molecule has 1 aromatic carbocycles. The molecule has 0 radical (unpaired) electrons. The fourth-order valence-electron chi connectivity index (χ4n) is 2.42. The Labute approximate surface area is 114 Å². The van der Waals surface area contributed by atoms with Gasteiger partial charge in [-0.25, -0.2) is 0 Å². The second-order valence-corrected chi connectivity index (χ2v) is 5.58. The predicted octanol–water partition coefficient (Wildman–Crippen LogP) is 3.01. The minimum atomic E-state index is -0.613. The quantitative estimate of drug-likeness (QED) is 0.915. The molecule has 2 aromatic rings. The number of benzene rings is 1. The first-order valence-electron chi connectivity index (χ1n) is 6.75.